The standard InChI is InChI=1S/C29H24N3O.C19H26NSi.Ir/c1-18-12-17-22-21-8-7-9-23(26(21)33-28(22)30-18)27-31-24-10-5-6-11-25(24)32(27)20-15-13-19(14-16-20)29(2,3)4;1-19(2,3)13-16-12-17(15-10-8-7-9-11-15)20-14-18(16)21(4,5)6;/h5-8,10-17H,1-4H3;7-10,12,14H,13H2,1-6H3;/q2*-1;/i;13D2;. The summed E-state index contributed by atoms with van der Waals surface area (Å²) in [5.41, 5.74) is 9.58. The molecule has 0 bridgehead atoms. The molecule has 0 fully saturated rings. The van der Waals surface area contributed by atoms with Gasteiger partial charge in [-0.05, 0) is 77.0 Å². The van der Waals surface area contributed by atoms with Crippen LogP contribution in [0.5, 0.6) is 0 Å². The molecule has 0 spiro atoms. The molecule has 0 aliphatic rings. The van der Waals surface area contributed by atoms with Crippen LogP contribution in [0.2, 0.25) is 19.6 Å². The number of benzene rings is 4. The van der Waals surface area contributed by atoms with E-state index in [1.54, 1.807) is 0 Å². The van der Waals surface area contributed by atoms with Crippen LogP contribution in [0, 0.1) is 24.5 Å². The van der Waals surface area contributed by atoms with Crippen molar-refractivity contribution in [3.05, 3.63) is 138 Å². The number of fused-ring (bicyclic) bond motifs is 4. The number of aromatic nitrogens is 4. The fraction of sp³-hybridized carbons (Fsp3) is 0.271. The number of imidazole rings is 1. The Balaban J connectivity index is 0.000000203. The van der Waals surface area contributed by atoms with Gasteiger partial charge in [-0.2, -0.15) is 0 Å². The summed E-state index contributed by atoms with van der Waals surface area (Å²) in [6.45, 7) is 21.2. The van der Waals surface area contributed by atoms with E-state index in [1.807, 2.05) is 101 Å². The zero-order valence-corrected chi connectivity index (χ0v) is 36.8. The Kier molecular flexibility index (Phi) is 10.5. The molecule has 4 heterocycles. The summed E-state index contributed by atoms with van der Waals surface area (Å²) < 4.78 is 26.0. The zero-order chi connectivity index (χ0) is 40.2. The van der Waals surface area contributed by atoms with Gasteiger partial charge < -0.3 is 14.0 Å². The van der Waals surface area contributed by atoms with Crippen LogP contribution in [0.3, 0.4) is 0 Å². The molecule has 0 atom stereocenters. The van der Waals surface area contributed by atoms with Gasteiger partial charge in [-0.15, -0.1) is 54.1 Å². The SMILES string of the molecule is Cc1ccc2c(n1)oc1c(-c3nc4ccccc4n3-c3ccc(C(C)(C)C)cc3)[c-]ccc12.[2H]C([2H])(c1cc(-c2[c-]cccc2)ncc1[Si](C)(C)C)C(C)(C)C.[Ir]. The Hall–Kier alpha value is -4.68. The van der Waals surface area contributed by atoms with Crippen molar-refractivity contribution >= 4 is 46.4 Å². The van der Waals surface area contributed by atoms with Crippen LogP contribution in [0.1, 0.15) is 61.1 Å². The van der Waals surface area contributed by atoms with Gasteiger partial charge in [-0.3, -0.25) is 4.98 Å². The van der Waals surface area contributed by atoms with Crippen molar-refractivity contribution in [1.82, 2.24) is 19.5 Å². The number of hydrogen-bond acceptors (Lipinski definition) is 4. The van der Waals surface area contributed by atoms with Gasteiger partial charge in [0.25, 0.3) is 0 Å². The van der Waals surface area contributed by atoms with E-state index in [2.05, 4.69) is 103 Å². The van der Waals surface area contributed by atoms with Crippen molar-refractivity contribution in [2.45, 2.75) is 79.9 Å². The van der Waals surface area contributed by atoms with Crippen molar-refractivity contribution in [2.75, 3.05) is 0 Å². The Morgan fingerprint density at radius 2 is 1.53 bits per heavy atom. The molecule has 0 N–H and O–H groups in total. The summed E-state index contributed by atoms with van der Waals surface area (Å²) in [4.78, 5) is 14.2. The first-order valence-electron chi connectivity index (χ1n) is 19.6. The van der Waals surface area contributed by atoms with E-state index >= 15 is 0 Å². The number of pyridine rings is 2. The maximum atomic E-state index is 8.75. The van der Waals surface area contributed by atoms with Gasteiger partial charge in [0.15, 0.2) is 0 Å². The molecule has 0 aliphatic carbocycles. The van der Waals surface area contributed by atoms with Crippen LogP contribution in [0.4, 0.5) is 0 Å². The summed E-state index contributed by atoms with van der Waals surface area (Å²) >= 11 is 0. The Labute approximate surface area is 343 Å². The van der Waals surface area contributed by atoms with Gasteiger partial charge in [0.2, 0.25) is 5.71 Å². The Morgan fingerprint density at radius 1 is 0.800 bits per heavy atom. The molecular formula is C48H50IrN4OSi-2. The van der Waals surface area contributed by atoms with Crippen molar-refractivity contribution in [3.8, 4) is 28.3 Å². The first-order valence-corrected chi connectivity index (χ1v) is 22.1. The van der Waals surface area contributed by atoms with Crippen molar-refractivity contribution in [3.63, 3.8) is 0 Å². The fourth-order valence-electron chi connectivity index (χ4n) is 6.71. The quantitative estimate of drug-likeness (QED) is 0.127. The van der Waals surface area contributed by atoms with Gasteiger partial charge in [-0.1, -0.05) is 108 Å². The number of rotatable bonds is 5. The smallest absolute Gasteiger partial charge is 0.216 e. The first-order chi connectivity index (χ1) is 26.3. The van der Waals surface area contributed by atoms with Crippen LogP contribution in [0.25, 0.3) is 61.4 Å². The number of furan rings is 1. The third-order valence-corrected chi connectivity index (χ3v) is 11.4. The molecule has 5 nitrogen and oxygen atoms in total. The molecule has 0 aliphatic heterocycles. The fourth-order valence-corrected chi connectivity index (χ4v) is 8.10. The minimum Gasteiger partial charge on any atom is -0.486 e. The van der Waals surface area contributed by atoms with E-state index in [1.165, 1.54) is 5.56 Å². The van der Waals surface area contributed by atoms with Gasteiger partial charge in [0.1, 0.15) is 0 Å². The third-order valence-electron chi connectivity index (χ3n) is 9.42. The molecule has 4 aromatic heterocycles. The number of hydrogen-bond donors (Lipinski definition) is 0. The average Bonchev–Trinajstić information content (AvgIpc) is 3.72. The maximum Gasteiger partial charge on any atom is 0.216 e. The monoisotopic (exact) mass is 921 g/mol. The third kappa shape index (κ3) is 8.60. The van der Waals surface area contributed by atoms with E-state index < -0.39 is 19.9 Å². The maximum absolute atomic E-state index is 8.75. The predicted molar refractivity (Wildman–Crippen MR) is 228 cm³/mol. The second-order valence-electron chi connectivity index (χ2n) is 17.1. The first kappa shape index (κ1) is 37.3. The molecule has 0 amide bonds. The average molecular weight is 921 g/mol. The second-order valence-corrected chi connectivity index (χ2v) is 22.1. The van der Waals surface area contributed by atoms with Gasteiger partial charge in [0.05, 0.1) is 30.5 Å². The molecule has 0 saturated carbocycles. The molecular weight excluding hydrogens is 869 g/mol. The van der Waals surface area contributed by atoms with E-state index in [4.69, 9.17) is 12.1 Å². The largest absolute Gasteiger partial charge is 0.486 e. The molecule has 55 heavy (non-hydrogen) atoms. The van der Waals surface area contributed by atoms with E-state index in [0.717, 1.165) is 72.2 Å². The molecule has 7 heteroatoms. The molecule has 8 aromatic rings. The zero-order valence-electron chi connectivity index (χ0n) is 35.4. The van der Waals surface area contributed by atoms with E-state index in [0.29, 0.717) is 5.71 Å². The van der Waals surface area contributed by atoms with Crippen LogP contribution >= 0.6 is 0 Å². The van der Waals surface area contributed by atoms with Crippen LogP contribution < -0.4 is 5.19 Å². The molecule has 0 saturated heterocycles. The van der Waals surface area contributed by atoms with E-state index in [9.17, 15) is 0 Å². The minimum atomic E-state index is -1.70. The van der Waals surface area contributed by atoms with Gasteiger partial charge in [-0.25, -0.2) is 4.98 Å². The summed E-state index contributed by atoms with van der Waals surface area (Å²) in [6.07, 6.45) is 0.469. The summed E-state index contributed by atoms with van der Waals surface area (Å²) in [6, 6.07) is 41.3. The molecule has 8 rings (SSSR count). The minimum absolute atomic E-state index is 0. The summed E-state index contributed by atoms with van der Waals surface area (Å²) in [5, 5.41) is 3.12. The normalized spacial score (nSPS) is 12.9. The van der Waals surface area contributed by atoms with Gasteiger partial charge >= 0.3 is 0 Å². The van der Waals surface area contributed by atoms with E-state index in [-0.39, 0.29) is 25.5 Å². The van der Waals surface area contributed by atoms with Crippen molar-refractivity contribution in [2.24, 2.45) is 5.41 Å². The van der Waals surface area contributed by atoms with Crippen LogP contribution in [-0.2, 0) is 31.9 Å². The Morgan fingerprint density at radius 3 is 2.20 bits per heavy atom. The summed E-state index contributed by atoms with van der Waals surface area (Å²) in [5.74, 6) is 0.807. The van der Waals surface area contributed by atoms with Crippen LogP contribution in [-0.4, -0.2) is 27.6 Å². The predicted octanol–water partition coefficient (Wildman–Crippen LogP) is 12.1. The number of nitrogens with zero attached hydrogens (tertiary/aromatic N) is 4. The Bertz CT molecular complexity index is 2680. The summed E-state index contributed by atoms with van der Waals surface area (Å²) in [7, 11) is -1.70. The van der Waals surface area contributed by atoms with Crippen molar-refractivity contribution in [1.29, 1.82) is 0 Å². The van der Waals surface area contributed by atoms with Crippen molar-refractivity contribution < 1.29 is 27.3 Å². The second kappa shape index (κ2) is 15.5. The number of aryl methyl sites for hydroxylation is 1. The molecule has 1 radical (unpaired) electrons. The topological polar surface area (TPSA) is 56.7 Å². The molecule has 283 valence electrons. The van der Waals surface area contributed by atoms with Gasteiger partial charge in [0, 0.05) is 45.8 Å². The molecule has 0 unspecified atom stereocenters. The van der Waals surface area contributed by atoms with Crippen LogP contribution in [0.15, 0.2) is 114 Å². The molecule has 4 aromatic carbocycles. The number of para-hydroxylation sites is 2.